The maximum absolute atomic E-state index is 12.0. The van der Waals surface area contributed by atoms with E-state index in [-0.39, 0.29) is 5.75 Å². The van der Waals surface area contributed by atoms with Gasteiger partial charge in [0.05, 0.1) is 17.2 Å². The molecule has 1 aromatic carbocycles. The molecule has 0 saturated carbocycles. The predicted molar refractivity (Wildman–Crippen MR) is 76.1 cm³/mol. The van der Waals surface area contributed by atoms with Gasteiger partial charge in [-0.1, -0.05) is 6.07 Å². The van der Waals surface area contributed by atoms with E-state index < -0.39 is 17.7 Å². The Morgan fingerprint density at radius 1 is 1.37 bits per heavy atom. The molecule has 0 radical (unpaired) electrons. The number of ether oxygens (including phenoxy) is 2. The molecule has 0 aliphatic rings. The first-order chi connectivity index (χ1) is 8.67. The molecule has 1 atom stereocenters. The fraction of sp³-hybridized carbons (Fsp3) is 0.500. The minimum Gasteiger partial charge on any atom is -0.507 e. The number of carbonyl (C=O) groups excluding carboxylic acids is 1. The summed E-state index contributed by atoms with van der Waals surface area (Å²) in [5.41, 5.74) is 0.905. The van der Waals surface area contributed by atoms with Gasteiger partial charge < -0.3 is 14.6 Å². The number of methoxy groups -OCH3 is 1. The fourth-order valence-electron chi connectivity index (χ4n) is 1.69. The van der Waals surface area contributed by atoms with Gasteiger partial charge in [0, 0.05) is 5.56 Å². The molecule has 0 heterocycles. The van der Waals surface area contributed by atoms with Crippen molar-refractivity contribution in [2.24, 2.45) is 0 Å². The van der Waals surface area contributed by atoms with Crippen molar-refractivity contribution < 1.29 is 19.4 Å². The van der Waals surface area contributed by atoms with Crippen molar-refractivity contribution >= 4 is 21.9 Å². The summed E-state index contributed by atoms with van der Waals surface area (Å²) in [6, 6.07) is 3.30. The Morgan fingerprint density at radius 3 is 2.42 bits per heavy atom. The molecule has 0 amide bonds. The van der Waals surface area contributed by atoms with Crippen LogP contribution in [0.15, 0.2) is 16.6 Å². The first kappa shape index (κ1) is 16.0. The highest BCUT2D eigenvalue weighted by Crippen LogP contribution is 2.37. The van der Waals surface area contributed by atoms with Crippen LogP contribution in [0.5, 0.6) is 5.75 Å². The van der Waals surface area contributed by atoms with Crippen LogP contribution in [0, 0.1) is 6.92 Å². The lowest BCUT2D eigenvalue weighted by Gasteiger charge is -2.27. The number of halogens is 1. The molecule has 1 aromatic rings. The van der Waals surface area contributed by atoms with Crippen LogP contribution in [0.1, 0.15) is 38.0 Å². The summed E-state index contributed by atoms with van der Waals surface area (Å²) in [4.78, 5) is 12.0. The Bertz CT molecular complexity index is 477. The third-order valence-corrected chi connectivity index (χ3v) is 3.36. The van der Waals surface area contributed by atoms with Gasteiger partial charge in [-0.2, -0.15) is 0 Å². The normalized spacial score (nSPS) is 13.2. The van der Waals surface area contributed by atoms with E-state index in [1.807, 2.05) is 27.7 Å². The molecule has 0 bridgehead atoms. The standard InChI is InChI=1S/C14H19BrO4/c1-8-6-7-9(16)11(15)10(8)12(13(17)18-5)19-14(2,3)4/h6-7,12,16H,1-5H3. The molecule has 5 heteroatoms. The van der Waals surface area contributed by atoms with Gasteiger partial charge in [0.15, 0.2) is 6.10 Å². The van der Waals surface area contributed by atoms with Crippen molar-refractivity contribution in [1.29, 1.82) is 0 Å². The van der Waals surface area contributed by atoms with Crippen LogP contribution >= 0.6 is 15.9 Å². The molecule has 1 N–H and O–H groups in total. The average Bonchev–Trinajstić information content (AvgIpc) is 2.30. The highest BCUT2D eigenvalue weighted by atomic mass is 79.9. The molecule has 0 aromatic heterocycles. The lowest BCUT2D eigenvalue weighted by molar-refractivity contribution is -0.164. The van der Waals surface area contributed by atoms with Crippen LogP contribution in [-0.2, 0) is 14.3 Å². The van der Waals surface area contributed by atoms with Gasteiger partial charge in [0.2, 0.25) is 0 Å². The minimum absolute atomic E-state index is 0.0620. The van der Waals surface area contributed by atoms with Crippen molar-refractivity contribution in [3.8, 4) is 5.75 Å². The first-order valence-electron chi connectivity index (χ1n) is 5.91. The third-order valence-electron chi connectivity index (χ3n) is 2.53. The Kier molecular flexibility index (Phi) is 4.98. The second-order valence-electron chi connectivity index (χ2n) is 5.26. The zero-order valence-corrected chi connectivity index (χ0v) is 13.4. The summed E-state index contributed by atoms with van der Waals surface area (Å²) in [6.45, 7) is 7.42. The summed E-state index contributed by atoms with van der Waals surface area (Å²) in [7, 11) is 1.31. The predicted octanol–water partition coefficient (Wildman–Crippen LogP) is 3.49. The highest BCUT2D eigenvalue weighted by Gasteiger charge is 2.31. The average molecular weight is 331 g/mol. The van der Waals surface area contributed by atoms with E-state index in [9.17, 15) is 9.90 Å². The Hall–Kier alpha value is -1.07. The molecular weight excluding hydrogens is 312 g/mol. The number of benzene rings is 1. The van der Waals surface area contributed by atoms with E-state index in [1.165, 1.54) is 7.11 Å². The Labute approximate surface area is 121 Å². The molecule has 1 rings (SSSR count). The summed E-state index contributed by atoms with van der Waals surface area (Å²) in [5, 5.41) is 9.77. The van der Waals surface area contributed by atoms with E-state index in [0.29, 0.717) is 10.0 Å². The Balaban J connectivity index is 3.33. The van der Waals surface area contributed by atoms with Crippen LogP contribution < -0.4 is 0 Å². The van der Waals surface area contributed by atoms with Crippen molar-refractivity contribution in [2.75, 3.05) is 7.11 Å². The summed E-state index contributed by atoms with van der Waals surface area (Å²) < 4.78 is 11.0. The van der Waals surface area contributed by atoms with Crippen LogP contribution in [0.3, 0.4) is 0 Å². The molecule has 0 aliphatic carbocycles. The van der Waals surface area contributed by atoms with Crippen LogP contribution in [0.25, 0.3) is 0 Å². The van der Waals surface area contributed by atoms with Gasteiger partial charge in [-0.15, -0.1) is 0 Å². The highest BCUT2D eigenvalue weighted by molar-refractivity contribution is 9.10. The van der Waals surface area contributed by atoms with Crippen molar-refractivity contribution in [1.82, 2.24) is 0 Å². The van der Waals surface area contributed by atoms with E-state index in [1.54, 1.807) is 12.1 Å². The van der Waals surface area contributed by atoms with Gasteiger partial charge in [-0.3, -0.25) is 0 Å². The smallest absolute Gasteiger partial charge is 0.339 e. The quantitative estimate of drug-likeness (QED) is 0.862. The van der Waals surface area contributed by atoms with E-state index in [0.717, 1.165) is 5.56 Å². The number of rotatable bonds is 3. The fourth-order valence-corrected chi connectivity index (χ4v) is 2.34. The lowest BCUT2D eigenvalue weighted by Crippen LogP contribution is -2.29. The molecule has 1 unspecified atom stereocenters. The first-order valence-corrected chi connectivity index (χ1v) is 6.70. The van der Waals surface area contributed by atoms with Crippen molar-refractivity contribution in [3.05, 3.63) is 27.7 Å². The summed E-state index contributed by atoms with van der Waals surface area (Å²) in [6.07, 6.45) is -0.883. The van der Waals surface area contributed by atoms with Gasteiger partial charge in [-0.25, -0.2) is 4.79 Å². The van der Waals surface area contributed by atoms with Gasteiger partial charge in [0.25, 0.3) is 0 Å². The molecule has 4 nitrogen and oxygen atoms in total. The zero-order valence-electron chi connectivity index (χ0n) is 11.8. The number of phenolic OH excluding ortho intramolecular Hbond substituents is 1. The molecule has 0 saturated heterocycles. The van der Waals surface area contributed by atoms with Gasteiger partial charge in [0.1, 0.15) is 5.75 Å². The number of phenols is 1. The number of hydrogen-bond donors (Lipinski definition) is 1. The number of hydrogen-bond acceptors (Lipinski definition) is 4. The minimum atomic E-state index is -0.883. The van der Waals surface area contributed by atoms with Crippen LogP contribution in [-0.4, -0.2) is 23.8 Å². The van der Waals surface area contributed by atoms with Gasteiger partial charge in [-0.05, 0) is 55.3 Å². The monoisotopic (exact) mass is 330 g/mol. The number of aromatic hydroxyl groups is 1. The van der Waals surface area contributed by atoms with Crippen molar-refractivity contribution in [3.63, 3.8) is 0 Å². The van der Waals surface area contributed by atoms with E-state index >= 15 is 0 Å². The molecule has 19 heavy (non-hydrogen) atoms. The Morgan fingerprint density at radius 2 is 1.95 bits per heavy atom. The largest absolute Gasteiger partial charge is 0.507 e. The SMILES string of the molecule is COC(=O)C(OC(C)(C)C)c1c(C)ccc(O)c1Br. The lowest BCUT2D eigenvalue weighted by atomic mass is 10.0. The van der Waals surface area contributed by atoms with Crippen LogP contribution in [0.4, 0.5) is 0 Å². The number of esters is 1. The second kappa shape index (κ2) is 5.92. The number of aryl methyl sites for hydroxylation is 1. The number of carbonyl (C=O) groups is 1. The van der Waals surface area contributed by atoms with E-state index in [2.05, 4.69) is 15.9 Å². The molecule has 106 valence electrons. The molecule has 0 fully saturated rings. The summed E-state index contributed by atoms with van der Waals surface area (Å²) in [5.74, 6) is -0.434. The van der Waals surface area contributed by atoms with Gasteiger partial charge >= 0.3 is 5.97 Å². The maximum Gasteiger partial charge on any atom is 0.339 e. The maximum atomic E-state index is 12.0. The van der Waals surface area contributed by atoms with Crippen molar-refractivity contribution in [2.45, 2.75) is 39.4 Å². The topological polar surface area (TPSA) is 55.8 Å². The molecular formula is C14H19BrO4. The zero-order chi connectivity index (χ0) is 14.8. The second-order valence-corrected chi connectivity index (χ2v) is 6.06. The third kappa shape index (κ3) is 3.94. The summed E-state index contributed by atoms with van der Waals surface area (Å²) >= 11 is 3.30. The molecule has 0 spiro atoms. The van der Waals surface area contributed by atoms with E-state index in [4.69, 9.17) is 9.47 Å². The molecule has 0 aliphatic heterocycles. The van der Waals surface area contributed by atoms with Crippen LogP contribution in [0.2, 0.25) is 0 Å².